The molecule has 2 aromatic carbocycles. The van der Waals surface area contributed by atoms with Gasteiger partial charge in [0.25, 0.3) is 0 Å². The zero-order chi connectivity index (χ0) is 20.8. The maximum Gasteiger partial charge on any atom is 0.335 e. The van der Waals surface area contributed by atoms with E-state index in [0.717, 1.165) is 48.4 Å². The van der Waals surface area contributed by atoms with Gasteiger partial charge in [0.2, 0.25) is 5.69 Å². The Bertz CT molecular complexity index is 1100. The van der Waals surface area contributed by atoms with E-state index in [1.54, 1.807) is 18.2 Å². The van der Waals surface area contributed by atoms with Crippen LogP contribution < -0.4 is 5.01 Å². The van der Waals surface area contributed by atoms with Gasteiger partial charge in [0.05, 0.1) is 36.2 Å². The standard InChI is InChI=1S/C23H20ClN3O3/c1-25-20-7-4-16(11-19(20)24)27-22(15-8-9-30-12-15)18-6-2-13-10-14(23(28)29)3-5-17(13)21(18)26-27/h3-5,7,10-11,15,18,22H,2,6,8-9,12H2,(H,28,29). The molecule has 1 N–H and O–H groups in total. The SMILES string of the molecule is [C-]#[N+]c1ccc(N2N=C3c4ccc(C(=O)O)cc4CCC3C2C2CCOC2)cc1Cl. The first-order chi connectivity index (χ1) is 14.6. The zero-order valence-corrected chi connectivity index (χ0v) is 17.0. The lowest BCUT2D eigenvalue weighted by Gasteiger charge is -2.34. The number of nitrogens with zero attached hydrogens (tertiary/aromatic N) is 3. The van der Waals surface area contributed by atoms with Gasteiger partial charge in [0.15, 0.2) is 0 Å². The van der Waals surface area contributed by atoms with Crippen molar-refractivity contribution in [2.45, 2.75) is 25.3 Å². The molecule has 6 nitrogen and oxygen atoms in total. The summed E-state index contributed by atoms with van der Waals surface area (Å²) in [6.45, 7) is 8.71. The Morgan fingerprint density at radius 1 is 1.27 bits per heavy atom. The van der Waals surface area contributed by atoms with E-state index in [0.29, 0.717) is 28.8 Å². The van der Waals surface area contributed by atoms with E-state index >= 15 is 0 Å². The van der Waals surface area contributed by atoms with Gasteiger partial charge in [-0.15, -0.1) is 0 Å². The minimum atomic E-state index is -0.912. The molecule has 0 amide bonds. The fourth-order valence-corrected chi connectivity index (χ4v) is 5.17. The number of fused-ring (bicyclic) bond motifs is 3. The predicted molar refractivity (Wildman–Crippen MR) is 115 cm³/mol. The number of carboxylic acid groups (broad SMARTS) is 1. The van der Waals surface area contributed by atoms with Crippen molar-refractivity contribution >= 4 is 34.7 Å². The molecule has 2 aromatic rings. The highest BCUT2D eigenvalue weighted by Gasteiger charge is 2.46. The van der Waals surface area contributed by atoms with Gasteiger partial charge in [0, 0.05) is 29.0 Å². The second-order valence-corrected chi connectivity index (χ2v) is 8.42. The van der Waals surface area contributed by atoms with Gasteiger partial charge in [-0.25, -0.2) is 9.64 Å². The smallest absolute Gasteiger partial charge is 0.335 e. The van der Waals surface area contributed by atoms with Crippen LogP contribution in [0.2, 0.25) is 5.02 Å². The maximum atomic E-state index is 11.4. The zero-order valence-electron chi connectivity index (χ0n) is 16.2. The summed E-state index contributed by atoms with van der Waals surface area (Å²) in [6.07, 6.45) is 2.73. The number of hydrogen-bond acceptors (Lipinski definition) is 4. The molecule has 2 heterocycles. The summed E-state index contributed by atoms with van der Waals surface area (Å²) in [6, 6.07) is 10.9. The van der Waals surface area contributed by atoms with Crippen molar-refractivity contribution in [3.05, 3.63) is 69.5 Å². The highest BCUT2D eigenvalue weighted by Crippen LogP contribution is 2.43. The number of benzene rings is 2. The van der Waals surface area contributed by atoms with E-state index in [9.17, 15) is 9.90 Å². The van der Waals surface area contributed by atoms with Gasteiger partial charge in [-0.05, 0) is 49.1 Å². The Balaban J connectivity index is 1.59. The van der Waals surface area contributed by atoms with Gasteiger partial charge in [-0.1, -0.05) is 23.7 Å². The van der Waals surface area contributed by atoms with Crippen molar-refractivity contribution in [1.82, 2.24) is 0 Å². The Kier molecular flexibility index (Phi) is 4.73. The molecule has 0 radical (unpaired) electrons. The first-order valence-electron chi connectivity index (χ1n) is 10.1. The lowest BCUT2D eigenvalue weighted by molar-refractivity contribution is 0.0696. The first kappa shape index (κ1) is 19.1. The van der Waals surface area contributed by atoms with Crippen LogP contribution in [0.15, 0.2) is 41.5 Å². The number of aryl methyl sites for hydroxylation is 1. The average molecular weight is 422 g/mol. The summed E-state index contributed by atoms with van der Waals surface area (Å²) < 4.78 is 5.70. The third-order valence-corrected chi connectivity index (χ3v) is 6.68. The summed E-state index contributed by atoms with van der Waals surface area (Å²) in [7, 11) is 0. The Labute approximate surface area is 179 Å². The summed E-state index contributed by atoms with van der Waals surface area (Å²) in [5.74, 6) is -0.306. The van der Waals surface area contributed by atoms with Crippen molar-refractivity contribution < 1.29 is 14.6 Å². The Morgan fingerprint density at radius 2 is 2.13 bits per heavy atom. The molecule has 3 unspecified atom stereocenters. The van der Waals surface area contributed by atoms with Gasteiger partial charge < -0.3 is 9.84 Å². The first-order valence-corrected chi connectivity index (χ1v) is 10.4. The van der Waals surface area contributed by atoms with Crippen LogP contribution >= 0.6 is 11.6 Å². The molecule has 30 heavy (non-hydrogen) atoms. The van der Waals surface area contributed by atoms with Crippen LogP contribution in [0.4, 0.5) is 11.4 Å². The molecule has 3 aliphatic rings. The molecule has 7 heteroatoms. The van der Waals surface area contributed by atoms with Crippen LogP contribution in [0.1, 0.15) is 34.3 Å². The van der Waals surface area contributed by atoms with Crippen LogP contribution in [0.5, 0.6) is 0 Å². The Morgan fingerprint density at radius 3 is 2.83 bits per heavy atom. The van der Waals surface area contributed by atoms with Gasteiger partial charge in [0.1, 0.15) is 0 Å². The molecule has 0 bridgehead atoms. The molecule has 2 aliphatic heterocycles. The number of halogens is 1. The predicted octanol–water partition coefficient (Wildman–Crippen LogP) is 4.78. The normalized spacial score (nSPS) is 24.7. The number of ether oxygens (including phenoxy) is 1. The molecule has 1 saturated heterocycles. The van der Waals surface area contributed by atoms with Crippen molar-refractivity contribution in [3.63, 3.8) is 0 Å². The summed E-state index contributed by atoms with van der Waals surface area (Å²) >= 11 is 6.33. The second-order valence-electron chi connectivity index (χ2n) is 8.01. The van der Waals surface area contributed by atoms with Gasteiger partial charge in [-0.3, -0.25) is 5.01 Å². The van der Waals surface area contributed by atoms with E-state index in [1.807, 2.05) is 18.2 Å². The van der Waals surface area contributed by atoms with Crippen molar-refractivity contribution in [1.29, 1.82) is 0 Å². The van der Waals surface area contributed by atoms with E-state index in [2.05, 4.69) is 9.85 Å². The van der Waals surface area contributed by atoms with Gasteiger partial charge in [-0.2, -0.15) is 5.10 Å². The van der Waals surface area contributed by atoms with Gasteiger partial charge >= 0.3 is 5.97 Å². The number of hydrazone groups is 1. The van der Waals surface area contributed by atoms with E-state index in [-0.39, 0.29) is 12.0 Å². The van der Waals surface area contributed by atoms with Crippen molar-refractivity contribution in [2.75, 3.05) is 18.2 Å². The number of aromatic carboxylic acids is 1. The van der Waals surface area contributed by atoms with E-state index < -0.39 is 5.97 Å². The average Bonchev–Trinajstić information content (AvgIpc) is 3.40. The highest BCUT2D eigenvalue weighted by molar-refractivity contribution is 6.33. The molecule has 0 spiro atoms. The maximum absolute atomic E-state index is 11.4. The van der Waals surface area contributed by atoms with Crippen molar-refractivity contribution in [2.24, 2.45) is 16.9 Å². The number of hydrogen-bond donors (Lipinski definition) is 1. The third kappa shape index (κ3) is 3.06. The molecule has 0 aromatic heterocycles. The molecule has 0 saturated carbocycles. The molecular formula is C23H20ClN3O3. The molecule has 5 rings (SSSR count). The lowest BCUT2D eigenvalue weighted by Crippen LogP contribution is -2.41. The minimum Gasteiger partial charge on any atom is -0.478 e. The second kappa shape index (κ2) is 7.42. The molecule has 1 aliphatic carbocycles. The molecule has 1 fully saturated rings. The van der Waals surface area contributed by atoms with E-state index in [4.69, 9.17) is 28.0 Å². The van der Waals surface area contributed by atoms with E-state index in [1.165, 1.54) is 0 Å². The monoisotopic (exact) mass is 421 g/mol. The van der Waals surface area contributed by atoms with Crippen LogP contribution in [0.3, 0.4) is 0 Å². The van der Waals surface area contributed by atoms with Crippen LogP contribution in [0, 0.1) is 18.4 Å². The summed E-state index contributed by atoms with van der Waals surface area (Å²) in [5, 5.41) is 16.8. The molecular weight excluding hydrogens is 402 g/mol. The minimum absolute atomic E-state index is 0.157. The quantitative estimate of drug-likeness (QED) is 0.724. The number of carbonyl (C=O) groups is 1. The largest absolute Gasteiger partial charge is 0.478 e. The molecule has 3 atom stereocenters. The fourth-order valence-electron chi connectivity index (χ4n) is 4.95. The topological polar surface area (TPSA) is 66.5 Å². The summed E-state index contributed by atoms with van der Waals surface area (Å²) in [5.41, 5.74) is 4.69. The Hall–Kier alpha value is -2.88. The number of rotatable bonds is 3. The summed E-state index contributed by atoms with van der Waals surface area (Å²) in [4.78, 5) is 14.8. The highest BCUT2D eigenvalue weighted by atomic mass is 35.5. The van der Waals surface area contributed by atoms with Crippen LogP contribution in [-0.2, 0) is 11.2 Å². The van der Waals surface area contributed by atoms with Crippen molar-refractivity contribution in [3.8, 4) is 0 Å². The number of carboxylic acids is 1. The number of anilines is 1. The van der Waals surface area contributed by atoms with Crippen LogP contribution in [0.25, 0.3) is 4.85 Å². The van der Waals surface area contributed by atoms with Crippen LogP contribution in [-0.4, -0.2) is 36.0 Å². The third-order valence-electron chi connectivity index (χ3n) is 6.38. The fraction of sp³-hybridized carbons (Fsp3) is 0.348. The lowest BCUT2D eigenvalue weighted by atomic mass is 9.75. The molecule has 152 valence electrons.